The van der Waals surface area contributed by atoms with Crippen molar-refractivity contribution in [1.29, 1.82) is 0 Å². The first kappa shape index (κ1) is 12.5. The minimum Gasteiger partial charge on any atom is -0.326 e. The van der Waals surface area contributed by atoms with Crippen LogP contribution in [0.4, 0.5) is 0 Å². The molecule has 1 aromatic carbocycles. The lowest BCUT2D eigenvalue weighted by molar-refractivity contribution is 0.287. The Hall–Kier alpha value is -0.910. The molecule has 0 spiro atoms. The van der Waals surface area contributed by atoms with E-state index >= 15 is 0 Å². The van der Waals surface area contributed by atoms with E-state index in [0.29, 0.717) is 19.6 Å². The van der Waals surface area contributed by atoms with Crippen molar-refractivity contribution in [2.75, 3.05) is 24.6 Å². The van der Waals surface area contributed by atoms with Gasteiger partial charge in [-0.05, 0) is 11.1 Å². The summed E-state index contributed by atoms with van der Waals surface area (Å²) in [5.74, 6) is 0.571. The van der Waals surface area contributed by atoms with Crippen LogP contribution >= 0.6 is 0 Å². The van der Waals surface area contributed by atoms with Gasteiger partial charge in [0.15, 0.2) is 9.84 Å². The molecular weight excluding hydrogens is 236 g/mol. The summed E-state index contributed by atoms with van der Waals surface area (Å²) in [7, 11) is -2.78. The highest BCUT2D eigenvalue weighted by Gasteiger charge is 2.21. The number of rotatable bonds is 3. The van der Waals surface area contributed by atoms with Gasteiger partial charge in [0.05, 0.1) is 11.5 Å². The third-order valence-electron chi connectivity index (χ3n) is 3.10. The van der Waals surface area contributed by atoms with Crippen LogP contribution in [0.3, 0.4) is 0 Å². The molecule has 0 amide bonds. The fourth-order valence-electron chi connectivity index (χ4n) is 1.95. The van der Waals surface area contributed by atoms with Crippen LogP contribution < -0.4 is 5.73 Å². The van der Waals surface area contributed by atoms with Crippen molar-refractivity contribution >= 4 is 9.84 Å². The first-order valence-electron chi connectivity index (χ1n) is 5.80. The topological polar surface area (TPSA) is 63.4 Å². The van der Waals surface area contributed by atoms with Gasteiger partial charge in [0.2, 0.25) is 0 Å². The quantitative estimate of drug-likeness (QED) is 0.847. The Morgan fingerprint density at radius 3 is 2.12 bits per heavy atom. The Morgan fingerprint density at radius 2 is 1.59 bits per heavy atom. The third-order valence-corrected chi connectivity index (χ3v) is 4.71. The van der Waals surface area contributed by atoms with Crippen molar-refractivity contribution in [2.45, 2.75) is 13.1 Å². The van der Waals surface area contributed by atoms with Gasteiger partial charge < -0.3 is 5.73 Å². The van der Waals surface area contributed by atoms with E-state index in [2.05, 4.69) is 17.0 Å². The fraction of sp³-hybridized carbons (Fsp3) is 0.500. The summed E-state index contributed by atoms with van der Waals surface area (Å²) in [5.41, 5.74) is 7.87. The van der Waals surface area contributed by atoms with Gasteiger partial charge in [-0.2, -0.15) is 0 Å². The molecule has 5 heteroatoms. The second kappa shape index (κ2) is 5.16. The highest BCUT2D eigenvalue weighted by molar-refractivity contribution is 7.91. The van der Waals surface area contributed by atoms with Crippen LogP contribution in [0.25, 0.3) is 0 Å². The lowest BCUT2D eigenvalue weighted by Gasteiger charge is -2.26. The van der Waals surface area contributed by atoms with Crippen LogP contribution in [0.15, 0.2) is 24.3 Å². The van der Waals surface area contributed by atoms with Gasteiger partial charge in [-0.3, -0.25) is 4.90 Å². The standard InChI is InChI=1S/C12H18N2O2S/c13-9-11-1-3-12(4-2-11)10-14-5-7-17(15,16)8-6-14/h1-4H,5-10,13H2. The van der Waals surface area contributed by atoms with Crippen LogP contribution in [0.5, 0.6) is 0 Å². The molecular formula is C12H18N2O2S. The van der Waals surface area contributed by atoms with Crippen LogP contribution in [0, 0.1) is 0 Å². The second-order valence-electron chi connectivity index (χ2n) is 4.45. The molecule has 4 nitrogen and oxygen atoms in total. The van der Waals surface area contributed by atoms with E-state index in [0.717, 1.165) is 12.1 Å². The second-order valence-corrected chi connectivity index (χ2v) is 6.75. The lowest BCUT2D eigenvalue weighted by Crippen LogP contribution is -2.39. The third kappa shape index (κ3) is 3.52. The largest absolute Gasteiger partial charge is 0.326 e. The molecule has 0 aromatic heterocycles. The number of nitrogens with two attached hydrogens (primary N) is 1. The SMILES string of the molecule is NCc1ccc(CN2CCS(=O)(=O)CC2)cc1. The van der Waals surface area contributed by atoms with Gasteiger partial charge in [0.1, 0.15) is 0 Å². The number of hydrogen-bond acceptors (Lipinski definition) is 4. The van der Waals surface area contributed by atoms with E-state index in [4.69, 9.17) is 5.73 Å². The minimum atomic E-state index is -2.78. The number of hydrogen-bond donors (Lipinski definition) is 1. The molecule has 0 atom stereocenters. The molecule has 1 aliphatic rings. The van der Waals surface area contributed by atoms with E-state index in [1.54, 1.807) is 0 Å². The first-order chi connectivity index (χ1) is 8.09. The average molecular weight is 254 g/mol. The highest BCUT2D eigenvalue weighted by atomic mass is 32.2. The Bertz CT molecular complexity index is 454. The Kier molecular flexibility index (Phi) is 3.81. The van der Waals surface area contributed by atoms with Gasteiger partial charge in [0.25, 0.3) is 0 Å². The molecule has 0 aliphatic carbocycles. The van der Waals surface area contributed by atoms with Crippen LogP contribution in [-0.2, 0) is 22.9 Å². The molecule has 2 N–H and O–H groups in total. The monoisotopic (exact) mass is 254 g/mol. The maximum absolute atomic E-state index is 11.3. The van der Waals surface area contributed by atoms with E-state index in [9.17, 15) is 8.42 Å². The van der Waals surface area contributed by atoms with E-state index in [1.165, 1.54) is 5.56 Å². The van der Waals surface area contributed by atoms with E-state index < -0.39 is 9.84 Å². The maximum Gasteiger partial charge on any atom is 0.152 e. The Labute approximate surface area is 102 Å². The molecule has 0 saturated carbocycles. The summed E-state index contributed by atoms with van der Waals surface area (Å²) < 4.78 is 22.6. The van der Waals surface area contributed by atoms with Gasteiger partial charge in [-0.25, -0.2) is 8.42 Å². The van der Waals surface area contributed by atoms with Gasteiger partial charge in [-0.15, -0.1) is 0 Å². The van der Waals surface area contributed by atoms with Crippen LogP contribution in [-0.4, -0.2) is 37.9 Å². The molecule has 0 bridgehead atoms. The lowest BCUT2D eigenvalue weighted by atomic mass is 10.1. The van der Waals surface area contributed by atoms with Crippen molar-refractivity contribution < 1.29 is 8.42 Å². The van der Waals surface area contributed by atoms with Crippen molar-refractivity contribution in [3.63, 3.8) is 0 Å². The minimum absolute atomic E-state index is 0.286. The van der Waals surface area contributed by atoms with Crippen LogP contribution in [0.2, 0.25) is 0 Å². The zero-order valence-electron chi connectivity index (χ0n) is 9.80. The summed E-state index contributed by atoms with van der Waals surface area (Å²) in [4.78, 5) is 2.18. The number of sulfone groups is 1. The molecule has 1 aromatic rings. The normalized spacial score (nSPS) is 20.3. The predicted molar refractivity (Wildman–Crippen MR) is 68.3 cm³/mol. The summed E-state index contributed by atoms with van der Waals surface area (Å²) in [6.07, 6.45) is 0. The molecule has 1 heterocycles. The Balaban J connectivity index is 1.93. The van der Waals surface area contributed by atoms with Crippen molar-refractivity contribution in [2.24, 2.45) is 5.73 Å². The van der Waals surface area contributed by atoms with Crippen molar-refractivity contribution in [3.05, 3.63) is 35.4 Å². The first-order valence-corrected chi connectivity index (χ1v) is 7.62. The van der Waals surface area contributed by atoms with Gasteiger partial charge in [0, 0.05) is 26.2 Å². The summed E-state index contributed by atoms with van der Waals surface area (Å²) in [5, 5.41) is 0. The van der Waals surface area contributed by atoms with Gasteiger partial charge >= 0.3 is 0 Å². The summed E-state index contributed by atoms with van der Waals surface area (Å²) >= 11 is 0. The zero-order chi connectivity index (χ0) is 12.3. The van der Waals surface area contributed by atoms with E-state index in [1.807, 2.05) is 12.1 Å². The van der Waals surface area contributed by atoms with Crippen LogP contribution in [0.1, 0.15) is 11.1 Å². The number of benzene rings is 1. The number of nitrogens with zero attached hydrogens (tertiary/aromatic N) is 1. The Morgan fingerprint density at radius 1 is 1.06 bits per heavy atom. The average Bonchev–Trinajstić information content (AvgIpc) is 2.33. The zero-order valence-corrected chi connectivity index (χ0v) is 10.6. The fourth-order valence-corrected chi connectivity index (χ4v) is 3.22. The summed E-state index contributed by atoms with van der Waals surface area (Å²) in [6.45, 7) is 2.66. The summed E-state index contributed by atoms with van der Waals surface area (Å²) in [6, 6.07) is 8.17. The molecule has 0 unspecified atom stereocenters. The van der Waals surface area contributed by atoms with Gasteiger partial charge in [-0.1, -0.05) is 24.3 Å². The predicted octanol–water partition coefficient (Wildman–Crippen LogP) is 0.376. The van der Waals surface area contributed by atoms with Crippen molar-refractivity contribution in [3.8, 4) is 0 Å². The molecule has 0 radical (unpaired) electrons. The van der Waals surface area contributed by atoms with E-state index in [-0.39, 0.29) is 11.5 Å². The maximum atomic E-state index is 11.3. The molecule has 94 valence electrons. The molecule has 17 heavy (non-hydrogen) atoms. The molecule has 1 saturated heterocycles. The van der Waals surface area contributed by atoms with Crippen molar-refractivity contribution in [1.82, 2.24) is 4.90 Å². The molecule has 2 rings (SSSR count). The molecule has 1 fully saturated rings. The smallest absolute Gasteiger partial charge is 0.152 e. The highest BCUT2D eigenvalue weighted by Crippen LogP contribution is 2.10. The molecule has 1 aliphatic heterocycles.